The van der Waals surface area contributed by atoms with Crippen molar-refractivity contribution in [1.82, 2.24) is 0 Å². The van der Waals surface area contributed by atoms with Gasteiger partial charge in [0.05, 0.1) is 19.3 Å². The second kappa shape index (κ2) is 9.89. The lowest BCUT2D eigenvalue weighted by Gasteiger charge is -2.11. The summed E-state index contributed by atoms with van der Waals surface area (Å²) in [5.74, 6) is 0.351. The molecule has 1 aromatic carbocycles. The van der Waals surface area contributed by atoms with E-state index in [0.29, 0.717) is 18.1 Å². The number of methoxy groups -OCH3 is 1. The summed E-state index contributed by atoms with van der Waals surface area (Å²) in [4.78, 5) is 12.3. The largest absolute Gasteiger partial charge is 0.493 e. The first-order valence-electron chi connectivity index (χ1n) is 8.45. The molecule has 0 aliphatic heterocycles. The van der Waals surface area contributed by atoms with Crippen molar-refractivity contribution < 1.29 is 19.4 Å². The number of ether oxygens (including phenoxy) is 2. The fraction of sp³-hybridized carbons (Fsp3) is 0.350. The van der Waals surface area contributed by atoms with Crippen molar-refractivity contribution in [1.29, 1.82) is 0 Å². The van der Waals surface area contributed by atoms with Crippen LogP contribution in [0.4, 0.5) is 0 Å². The van der Waals surface area contributed by atoms with E-state index in [4.69, 9.17) is 9.47 Å². The highest BCUT2D eigenvalue weighted by Crippen LogP contribution is 2.31. The van der Waals surface area contributed by atoms with Crippen molar-refractivity contribution in [3.8, 4) is 11.5 Å². The predicted octanol–water partition coefficient (Wildman–Crippen LogP) is 5.34. The molecule has 0 saturated heterocycles. The molecular weight excluding hydrogens is 336 g/mol. The topological polar surface area (TPSA) is 55.8 Å². The van der Waals surface area contributed by atoms with E-state index in [1.165, 1.54) is 24.2 Å². The molecule has 0 unspecified atom stereocenters. The van der Waals surface area contributed by atoms with Gasteiger partial charge in [0.25, 0.3) is 0 Å². The van der Waals surface area contributed by atoms with Crippen molar-refractivity contribution in [2.24, 2.45) is 0 Å². The molecule has 0 aliphatic rings. The van der Waals surface area contributed by atoms with Crippen LogP contribution in [-0.2, 0) is 4.79 Å². The quantitative estimate of drug-likeness (QED) is 0.459. The molecule has 1 aromatic heterocycles. The fourth-order valence-corrected chi connectivity index (χ4v) is 3.18. The Kier molecular flexibility index (Phi) is 7.54. The van der Waals surface area contributed by atoms with Gasteiger partial charge in [-0.15, -0.1) is 11.3 Å². The number of hydrogen-bond donors (Lipinski definition) is 1. The molecule has 2 aromatic rings. The van der Waals surface area contributed by atoms with Gasteiger partial charge in [0.15, 0.2) is 11.5 Å². The molecule has 0 amide bonds. The summed E-state index contributed by atoms with van der Waals surface area (Å²) in [6.07, 6.45) is 6.18. The lowest BCUT2D eigenvalue weighted by Crippen LogP contribution is -2.00. The smallest absolute Gasteiger partial charge is 0.337 e. The zero-order valence-corrected chi connectivity index (χ0v) is 15.5. The van der Waals surface area contributed by atoms with E-state index < -0.39 is 5.97 Å². The number of thiophene rings is 1. The molecule has 1 heterocycles. The van der Waals surface area contributed by atoms with Crippen LogP contribution in [0.3, 0.4) is 0 Å². The van der Waals surface area contributed by atoms with E-state index in [1.54, 1.807) is 25.3 Å². The minimum atomic E-state index is -0.944. The highest BCUT2D eigenvalue weighted by atomic mass is 32.1. The fourth-order valence-electron chi connectivity index (χ4n) is 2.44. The van der Waals surface area contributed by atoms with Gasteiger partial charge < -0.3 is 14.6 Å². The molecule has 0 radical (unpaired) electrons. The number of unbranched alkanes of at least 4 members (excludes halogenated alkanes) is 3. The third kappa shape index (κ3) is 5.64. The third-order valence-electron chi connectivity index (χ3n) is 3.77. The number of benzene rings is 1. The lowest BCUT2D eigenvalue weighted by atomic mass is 10.1. The Bertz CT molecular complexity index is 704. The molecule has 25 heavy (non-hydrogen) atoms. The summed E-state index contributed by atoms with van der Waals surface area (Å²) in [5, 5.41) is 11.3. The van der Waals surface area contributed by atoms with Crippen LogP contribution in [0, 0.1) is 0 Å². The Labute approximate surface area is 152 Å². The first-order valence-corrected chi connectivity index (χ1v) is 9.33. The van der Waals surface area contributed by atoms with Gasteiger partial charge in [0.1, 0.15) is 0 Å². The first-order chi connectivity index (χ1) is 12.2. The summed E-state index contributed by atoms with van der Waals surface area (Å²) in [6.45, 7) is 2.80. The van der Waals surface area contributed by atoms with E-state index in [1.807, 2.05) is 23.6 Å². The zero-order valence-electron chi connectivity index (χ0n) is 14.7. The first kappa shape index (κ1) is 19.1. The number of carbonyl (C=O) groups is 1. The molecule has 0 bridgehead atoms. The maximum atomic E-state index is 11.6. The standard InChI is InChI=1S/C20H24O4S/c1-3-4-5-6-11-24-18-14-15(9-10-17(18)23-2)13-16(20(21)22)19-8-7-12-25-19/h7-10,12-14H,3-6,11H2,1-2H3,(H,21,22)/b16-13-. The summed E-state index contributed by atoms with van der Waals surface area (Å²) in [7, 11) is 1.60. The van der Waals surface area contributed by atoms with Crippen molar-refractivity contribution >= 4 is 29.0 Å². The van der Waals surface area contributed by atoms with Crippen molar-refractivity contribution in [2.45, 2.75) is 32.6 Å². The monoisotopic (exact) mass is 360 g/mol. The number of rotatable bonds is 10. The van der Waals surface area contributed by atoms with E-state index in [9.17, 15) is 9.90 Å². The molecule has 0 saturated carbocycles. The minimum Gasteiger partial charge on any atom is -0.493 e. The summed E-state index contributed by atoms with van der Waals surface area (Å²) < 4.78 is 11.2. The normalized spacial score (nSPS) is 11.4. The van der Waals surface area contributed by atoms with E-state index >= 15 is 0 Å². The Morgan fingerprint density at radius 1 is 1.20 bits per heavy atom. The number of carboxylic acids is 1. The van der Waals surface area contributed by atoms with Gasteiger partial charge in [-0.2, -0.15) is 0 Å². The summed E-state index contributed by atoms with van der Waals surface area (Å²) in [5.41, 5.74) is 1.05. The van der Waals surface area contributed by atoms with Crippen LogP contribution >= 0.6 is 11.3 Å². The van der Waals surface area contributed by atoms with E-state index in [-0.39, 0.29) is 5.57 Å². The van der Waals surface area contributed by atoms with Gasteiger partial charge in [-0.1, -0.05) is 38.3 Å². The van der Waals surface area contributed by atoms with Crippen LogP contribution in [0.1, 0.15) is 43.0 Å². The third-order valence-corrected chi connectivity index (χ3v) is 4.67. The van der Waals surface area contributed by atoms with Crippen LogP contribution < -0.4 is 9.47 Å². The Morgan fingerprint density at radius 3 is 2.68 bits per heavy atom. The van der Waals surface area contributed by atoms with Crippen LogP contribution in [0.2, 0.25) is 0 Å². The molecular formula is C20H24O4S. The molecule has 1 N–H and O–H groups in total. The molecule has 5 heteroatoms. The van der Waals surface area contributed by atoms with Crippen LogP contribution in [0.15, 0.2) is 35.7 Å². The molecule has 0 fully saturated rings. The molecule has 0 aliphatic carbocycles. The Hall–Kier alpha value is -2.27. The highest BCUT2D eigenvalue weighted by Gasteiger charge is 2.12. The minimum absolute atomic E-state index is 0.272. The van der Waals surface area contributed by atoms with E-state index in [2.05, 4.69) is 6.92 Å². The maximum absolute atomic E-state index is 11.6. The molecule has 2 rings (SSSR count). The highest BCUT2D eigenvalue weighted by molar-refractivity contribution is 7.11. The van der Waals surface area contributed by atoms with Gasteiger partial charge in [-0.3, -0.25) is 0 Å². The Morgan fingerprint density at radius 2 is 2.04 bits per heavy atom. The Balaban J connectivity index is 2.19. The summed E-state index contributed by atoms with van der Waals surface area (Å²) >= 11 is 1.41. The number of carboxylic acid groups (broad SMARTS) is 1. The van der Waals surface area contributed by atoms with Crippen LogP contribution in [0.5, 0.6) is 11.5 Å². The second-order valence-corrected chi connectivity index (χ2v) is 6.61. The molecule has 0 atom stereocenters. The zero-order chi connectivity index (χ0) is 18.1. The van der Waals surface area contributed by atoms with Crippen molar-refractivity contribution in [3.63, 3.8) is 0 Å². The maximum Gasteiger partial charge on any atom is 0.337 e. The molecule has 4 nitrogen and oxygen atoms in total. The molecule has 0 spiro atoms. The van der Waals surface area contributed by atoms with Crippen molar-refractivity contribution in [3.05, 3.63) is 46.2 Å². The number of hydrogen-bond acceptors (Lipinski definition) is 4. The number of aliphatic carboxylic acids is 1. The predicted molar refractivity (Wildman–Crippen MR) is 102 cm³/mol. The average Bonchev–Trinajstić information content (AvgIpc) is 3.13. The molecule has 134 valence electrons. The summed E-state index contributed by atoms with van der Waals surface area (Å²) in [6, 6.07) is 9.12. The van der Waals surface area contributed by atoms with Crippen molar-refractivity contribution in [2.75, 3.05) is 13.7 Å². The van der Waals surface area contributed by atoms with Gasteiger partial charge >= 0.3 is 5.97 Å². The SMILES string of the molecule is CCCCCCOc1cc(/C=C(\C(=O)O)c2cccs2)ccc1OC. The van der Waals surface area contributed by atoms with Gasteiger partial charge in [-0.05, 0) is 41.6 Å². The second-order valence-electron chi connectivity index (χ2n) is 5.66. The average molecular weight is 360 g/mol. The van der Waals surface area contributed by atoms with Gasteiger partial charge in [0, 0.05) is 4.88 Å². The van der Waals surface area contributed by atoms with Gasteiger partial charge in [0.2, 0.25) is 0 Å². The lowest BCUT2D eigenvalue weighted by molar-refractivity contribution is -0.130. The van der Waals surface area contributed by atoms with Crippen LogP contribution in [0.25, 0.3) is 11.6 Å². The van der Waals surface area contributed by atoms with E-state index in [0.717, 1.165) is 23.3 Å². The van der Waals surface area contributed by atoms with Crippen LogP contribution in [-0.4, -0.2) is 24.8 Å². The van der Waals surface area contributed by atoms with Gasteiger partial charge in [-0.25, -0.2) is 4.79 Å².